The van der Waals surface area contributed by atoms with Gasteiger partial charge in [-0.3, -0.25) is 19.3 Å². The first-order valence-corrected chi connectivity index (χ1v) is 8.26. The van der Waals surface area contributed by atoms with Gasteiger partial charge in [-0.1, -0.05) is 18.2 Å². The van der Waals surface area contributed by atoms with E-state index in [1.165, 1.54) is 12.1 Å². The molecule has 3 amide bonds. The number of hydrogen-bond acceptors (Lipinski definition) is 3. The van der Waals surface area contributed by atoms with E-state index in [0.717, 1.165) is 23.5 Å². The molecule has 0 spiro atoms. The standard InChI is InChI=1S/C18H15F3N2O3/c19-18(20,21)11-2-1-3-12(7-11)22-13(24)8-23-16(25)14-9-4-5-10(6-9)15(14)17(23)26/h1-5,7,9-10,14-15H,6,8H2,(H,22,24)/t9-,10-,14-,15+/m1/s1. The highest BCUT2D eigenvalue weighted by Crippen LogP contribution is 2.52. The monoisotopic (exact) mass is 364 g/mol. The number of hydrogen-bond donors (Lipinski definition) is 1. The van der Waals surface area contributed by atoms with E-state index in [-0.39, 0.29) is 29.3 Å². The summed E-state index contributed by atoms with van der Waals surface area (Å²) >= 11 is 0. The van der Waals surface area contributed by atoms with Crippen LogP contribution in [0.1, 0.15) is 12.0 Å². The predicted octanol–water partition coefficient (Wildman–Crippen LogP) is 2.45. The Morgan fingerprint density at radius 3 is 2.31 bits per heavy atom. The van der Waals surface area contributed by atoms with Crippen molar-refractivity contribution >= 4 is 23.4 Å². The largest absolute Gasteiger partial charge is 0.416 e. The van der Waals surface area contributed by atoms with E-state index in [2.05, 4.69) is 5.32 Å². The SMILES string of the molecule is O=C(CN1C(=O)[C@@H]2[C@H](C1=O)[C@@H]1C=C[C@@H]2C1)Nc1cccc(C(F)(F)F)c1. The fraction of sp³-hybridized carbons (Fsp3) is 0.389. The molecule has 4 rings (SSSR count). The van der Waals surface area contributed by atoms with Crippen LogP contribution in [0.2, 0.25) is 0 Å². The Kier molecular flexibility index (Phi) is 3.68. The number of likely N-dealkylation sites (tertiary alicyclic amines) is 1. The molecule has 0 radical (unpaired) electrons. The fourth-order valence-corrected chi connectivity index (χ4v) is 4.24. The van der Waals surface area contributed by atoms with Crippen LogP contribution in [0.4, 0.5) is 18.9 Å². The lowest BCUT2D eigenvalue weighted by atomic mass is 9.85. The summed E-state index contributed by atoms with van der Waals surface area (Å²) in [6.45, 7) is -0.486. The van der Waals surface area contributed by atoms with Gasteiger partial charge in [0.1, 0.15) is 6.54 Å². The minimum atomic E-state index is -4.52. The molecule has 1 saturated heterocycles. The summed E-state index contributed by atoms with van der Waals surface area (Å²) < 4.78 is 38.2. The van der Waals surface area contributed by atoms with Crippen LogP contribution in [-0.2, 0) is 20.6 Å². The average Bonchev–Trinajstić information content (AvgIpc) is 3.24. The maximum absolute atomic E-state index is 12.7. The van der Waals surface area contributed by atoms with Gasteiger partial charge in [0.2, 0.25) is 17.7 Å². The van der Waals surface area contributed by atoms with Gasteiger partial charge in [-0.2, -0.15) is 13.2 Å². The van der Waals surface area contributed by atoms with Crippen LogP contribution in [0.15, 0.2) is 36.4 Å². The number of nitrogens with zero attached hydrogens (tertiary/aromatic N) is 1. The number of amides is 3. The number of nitrogens with one attached hydrogen (secondary N) is 1. The molecular weight excluding hydrogens is 349 g/mol. The summed E-state index contributed by atoms with van der Waals surface area (Å²) in [5, 5.41) is 2.33. The molecule has 2 fully saturated rings. The molecular formula is C18H15F3N2O3. The van der Waals surface area contributed by atoms with Gasteiger partial charge < -0.3 is 5.32 Å². The normalized spacial score (nSPS) is 29.4. The van der Waals surface area contributed by atoms with Crippen molar-refractivity contribution in [2.45, 2.75) is 12.6 Å². The summed E-state index contributed by atoms with van der Waals surface area (Å²) in [5.41, 5.74) is -0.924. The molecule has 1 N–H and O–H groups in total. The van der Waals surface area contributed by atoms with Gasteiger partial charge in [0.25, 0.3) is 0 Å². The first-order chi connectivity index (χ1) is 12.3. The maximum Gasteiger partial charge on any atom is 0.416 e. The Labute approximate surface area is 146 Å². The fourth-order valence-electron chi connectivity index (χ4n) is 4.24. The van der Waals surface area contributed by atoms with Crippen molar-refractivity contribution in [1.29, 1.82) is 0 Å². The molecule has 5 nitrogen and oxygen atoms in total. The molecule has 1 aromatic carbocycles. The highest BCUT2D eigenvalue weighted by molar-refractivity contribution is 6.09. The van der Waals surface area contributed by atoms with Crippen molar-refractivity contribution in [3.8, 4) is 0 Å². The van der Waals surface area contributed by atoms with Crippen LogP contribution in [0.3, 0.4) is 0 Å². The number of halogens is 3. The van der Waals surface area contributed by atoms with Crippen LogP contribution in [0, 0.1) is 23.7 Å². The van der Waals surface area contributed by atoms with E-state index in [1.54, 1.807) is 0 Å². The number of anilines is 1. The number of rotatable bonds is 3. The Bertz CT molecular complexity index is 803. The molecule has 1 saturated carbocycles. The first kappa shape index (κ1) is 16.8. The van der Waals surface area contributed by atoms with Crippen molar-refractivity contribution in [3.05, 3.63) is 42.0 Å². The molecule has 2 aliphatic carbocycles. The molecule has 1 heterocycles. The zero-order valence-electron chi connectivity index (χ0n) is 13.5. The molecule has 0 aromatic heterocycles. The van der Waals surface area contributed by atoms with Crippen molar-refractivity contribution < 1.29 is 27.6 Å². The van der Waals surface area contributed by atoms with Crippen molar-refractivity contribution in [3.63, 3.8) is 0 Å². The Morgan fingerprint density at radius 1 is 1.12 bits per heavy atom. The van der Waals surface area contributed by atoms with E-state index in [9.17, 15) is 27.6 Å². The predicted molar refractivity (Wildman–Crippen MR) is 84.5 cm³/mol. The summed E-state index contributed by atoms with van der Waals surface area (Å²) in [6.07, 6.45) is 0.162. The van der Waals surface area contributed by atoms with Crippen molar-refractivity contribution in [2.75, 3.05) is 11.9 Å². The maximum atomic E-state index is 12.7. The third-order valence-electron chi connectivity index (χ3n) is 5.34. The van der Waals surface area contributed by atoms with Gasteiger partial charge in [-0.15, -0.1) is 0 Å². The molecule has 3 aliphatic rings. The lowest BCUT2D eigenvalue weighted by molar-refractivity contribution is -0.143. The first-order valence-electron chi connectivity index (χ1n) is 8.26. The topological polar surface area (TPSA) is 66.5 Å². The highest BCUT2D eigenvalue weighted by Gasteiger charge is 2.59. The van der Waals surface area contributed by atoms with Crippen LogP contribution >= 0.6 is 0 Å². The lowest BCUT2D eigenvalue weighted by Crippen LogP contribution is -2.39. The number of benzene rings is 1. The number of allylic oxidation sites excluding steroid dienone is 2. The molecule has 1 aromatic rings. The third-order valence-corrected chi connectivity index (χ3v) is 5.34. The average molecular weight is 364 g/mol. The van der Waals surface area contributed by atoms with Gasteiger partial charge in [-0.25, -0.2) is 0 Å². The molecule has 1 aliphatic heterocycles. The van der Waals surface area contributed by atoms with E-state index in [4.69, 9.17) is 0 Å². The number of fused-ring (bicyclic) bond motifs is 5. The molecule has 136 valence electrons. The number of carbonyl (C=O) groups excluding carboxylic acids is 3. The minimum absolute atomic E-state index is 0.0362. The van der Waals surface area contributed by atoms with Gasteiger partial charge >= 0.3 is 6.18 Å². The van der Waals surface area contributed by atoms with Gasteiger partial charge in [0, 0.05) is 5.69 Å². The van der Waals surface area contributed by atoms with Crippen molar-refractivity contribution in [1.82, 2.24) is 4.90 Å². The molecule has 2 bridgehead atoms. The summed E-state index contributed by atoms with van der Waals surface area (Å²) in [4.78, 5) is 38.1. The zero-order chi connectivity index (χ0) is 18.6. The minimum Gasteiger partial charge on any atom is -0.325 e. The second-order valence-electron chi connectivity index (χ2n) is 6.89. The molecule has 8 heteroatoms. The van der Waals surface area contributed by atoms with Gasteiger partial charge in [-0.05, 0) is 36.5 Å². The summed E-state index contributed by atoms with van der Waals surface area (Å²) in [5.74, 6) is -2.16. The van der Waals surface area contributed by atoms with Crippen LogP contribution in [0.25, 0.3) is 0 Å². The zero-order valence-corrected chi connectivity index (χ0v) is 13.5. The summed E-state index contributed by atoms with van der Waals surface area (Å²) in [6, 6.07) is 4.20. The Morgan fingerprint density at radius 2 is 1.73 bits per heavy atom. The van der Waals surface area contributed by atoms with Crippen LogP contribution in [-0.4, -0.2) is 29.2 Å². The van der Waals surface area contributed by atoms with E-state index < -0.39 is 36.0 Å². The van der Waals surface area contributed by atoms with E-state index in [0.29, 0.717) is 0 Å². The molecule has 4 atom stereocenters. The number of carbonyl (C=O) groups is 3. The molecule has 0 unspecified atom stereocenters. The smallest absolute Gasteiger partial charge is 0.325 e. The van der Waals surface area contributed by atoms with E-state index >= 15 is 0 Å². The quantitative estimate of drug-likeness (QED) is 0.662. The number of alkyl halides is 3. The molecule has 26 heavy (non-hydrogen) atoms. The second kappa shape index (κ2) is 5.69. The number of imide groups is 1. The van der Waals surface area contributed by atoms with Gasteiger partial charge in [0.05, 0.1) is 17.4 Å². The summed E-state index contributed by atoms with van der Waals surface area (Å²) in [7, 11) is 0. The van der Waals surface area contributed by atoms with E-state index in [1.807, 2.05) is 12.2 Å². The van der Waals surface area contributed by atoms with Crippen LogP contribution in [0.5, 0.6) is 0 Å². The van der Waals surface area contributed by atoms with Gasteiger partial charge in [0.15, 0.2) is 0 Å². The van der Waals surface area contributed by atoms with Crippen LogP contribution < -0.4 is 5.32 Å². The Hall–Kier alpha value is -2.64. The second-order valence-corrected chi connectivity index (χ2v) is 6.89. The third kappa shape index (κ3) is 2.60. The Balaban J connectivity index is 1.45. The van der Waals surface area contributed by atoms with Crippen molar-refractivity contribution in [2.24, 2.45) is 23.7 Å². The lowest BCUT2D eigenvalue weighted by Gasteiger charge is -2.17. The highest BCUT2D eigenvalue weighted by atomic mass is 19.4.